The Bertz CT molecular complexity index is 627. The number of nitrogens with two attached hydrogens (primary N) is 1. The van der Waals surface area contributed by atoms with Crippen molar-refractivity contribution in [2.75, 3.05) is 0 Å². The number of benzene rings is 1. The Morgan fingerprint density at radius 1 is 1.19 bits per heavy atom. The molecule has 0 bridgehead atoms. The van der Waals surface area contributed by atoms with Gasteiger partial charge < -0.3 is 5.73 Å². The summed E-state index contributed by atoms with van der Waals surface area (Å²) in [5, 5.41) is 3.04. The molecule has 2 N–H and O–H groups in total. The number of rotatable bonds is 1. The van der Waals surface area contributed by atoms with Crippen molar-refractivity contribution >= 4 is 11.5 Å². The first kappa shape index (κ1) is 13.1. The summed E-state index contributed by atoms with van der Waals surface area (Å²) in [5.74, 6) is 1.30. The van der Waals surface area contributed by atoms with Crippen molar-refractivity contribution in [1.29, 1.82) is 0 Å². The minimum atomic E-state index is -0.238. The number of Topliss-reactive ketones (excluding diaryl/α,β-unsaturated/α-hetero) is 1. The second-order valence-electron chi connectivity index (χ2n) is 6.93. The zero-order valence-electron chi connectivity index (χ0n) is 12.0. The standard InChI is InChI=1S/C17H20N2O2/c18-17-8-7-10-9-11(19-21)1-2-12(10)14(17)4-3-13-15(17)5-6-16(13)20/h1-2,9,13-15H,3-8,18H2/t13?,14?,15?,17-/m0/s1. The molecule has 4 rings (SSSR count). The fraction of sp³-hybridized carbons (Fsp3) is 0.588. The lowest BCUT2D eigenvalue weighted by atomic mass is 9.56. The summed E-state index contributed by atoms with van der Waals surface area (Å²) in [6, 6.07) is 5.74. The predicted molar refractivity (Wildman–Crippen MR) is 80.3 cm³/mol. The number of carbonyl (C=O) groups is 1. The molecular formula is C17H20N2O2. The lowest BCUT2D eigenvalue weighted by Crippen LogP contribution is -2.58. The topological polar surface area (TPSA) is 72.5 Å². The normalized spacial score (nSPS) is 37.6. The van der Waals surface area contributed by atoms with Gasteiger partial charge in [-0.2, -0.15) is 0 Å². The fourth-order valence-electron chi connectivity index (χ4n) is 5.15. The summed E-state index contributed by atoms with van der Waals surface area (Å²) in [7, 11) is 0. The largest absolute Gasteiger partial charge is 0.324 e. The molecule has 0 radical (unpaired) electrons. The van der Waals surface area contributed by atoms with Gasteiger partial charge in [-0.3, -0.25) is 4.79 Å². The van der Waals surface area contributed by atoms with Gasteiger partial charge in [-0.05, 0) is 66.5 Å². The monoisotopic (exact) mass is 284 g/mol. The molecule has 0 aliphatic heterocycles. The molecule has 2 saturated carbocycles. The first-order valence-corrected chi connectivity index (χ1v) is 7.91. The number of ketones is 1. The molecule has 3 aliphatic rings. The van der Waals surface area contributed by atoms with E-state index in [0.717, 1.165) is 32.1 Å². The number of aryl methyl sites for hydroxylation is 1. The molecule has 0 amide bonds. The van der Waals surface area contributed by atoms with Crippen LogP contribution in [0.15, 0.2) is 23.4 Å². The zero-order valence-corrected chi connectivity index (χ0v) is 12.0. The summed E-state index contributed by atoms with van der Waals surface area (Å²) in [5.41, 5.74) is 9.63. The van der Waals surface area contributed by atoms with E-state index >= 15 is 0 Å². The molecular weight excluding hydrogens is 264 g/mol. The van der Waals surface area contributed by atoms with Crippen molar-refractivity contribution in [3.05, 3.63) is 34.2 Å². The van der Waals surface area contributed by atoms with Crippen LogP contribution < -0.4 is 5.73 Å². The van der Waals surface area contributed by atoms with Gasteiger partial charge in [0.05, 0.1) is 0 Å². The van der Waals surface area contributed by atoms with Crippen LogP contribution in [-0.2, 0) is 11.2 Å². The number of hydrogen-bond acceptors (Lipinski definition) is 4. The number of fused-ring (bicyclic) bond motifs is 5. The van der Waals surface area contributed by atoms with Crippen LogP contribution in [-0.4, -0.2) is 11.3 Å². The number of carbonyl (C=O) groups excluding carboxylic acids is 1. The second kappa shape index (κ2) is 4.47. The smallest absolute Gasteiger partial charge is 0.136 e. The second-order valence-corrected chi connectivity index (χ2v) is 6.93. The van der Waals surface area contributed by atoms with E-state index in [1.807, 2.05) is 12.1 Å². The third kappa shape index (κ3) is 1.75. The maximum absolute atomic E-state index is 12.1. The van der Waals surface area contributed by atoms with Gasteiger partial charge in [-0.1, -0.05) is 6.07 Å². The van der Waals surface area contributed by atoms with Crippen molar-refractivity contribution in [3.8, 4) is 0 Å². The van der Waals surface area contributed by atoms with E-state index in [0.29, 0.717) is 29.7 Å². The van der Waals surface area contributed by atoms with E-state index < -0.39 is 0 Å². The highest BCUT2D eigenvalue weighted by molar-refractivity contribution is 5.84. The Morgan fingerprint density at radius 2 is 2.05 bits per heavy atom. The molecule has 1 aromatic rings. The minimum Gasteiger partial charge on any atom is -0.324 e. The van der Waals surface area contributed by atoms with E-state index in [1.165, 1.54) is 11.1 Å². The van der Waals surface area contributed by atoms with Gasteiger partial charge in [0.1, 0.15) is 11.5 Å². The van der Waals surface area contributed by atoms with Gasteiger partial charge >= 0.3 is 0 Å². The van der Waals surface area contributed by atoms with Crippen LogP contribution in [0.3, 0.4) is 0 Å². The van der Waals surface area contributed by atoms with Gasteiger partial charge in [0.25, 0.3) is 0 Å². The van der Waals surface area contributed by atoms with Crippen LogP contribution >= 0.6 is 0 Å². The molecule has 0 aromatic heterocycles. The van der Waals surface area contributed by atoms with Gasteiger partial charge in [-0.15, -0.1) is 4.91 Å². The minimum absolute atomic E-state index is 0.198. The van der Waals surface area contributed by atoms with E-state index in [2.05, 4.69) is 5.18 Å². The third-order valence-electron chi connectivity index (χ3n) is 6.14. The van der Waals surface area contributed by atoms with Crippen LogP contribution in [0.5, 0.6) is 0 Å². The van der Waals surface area contributed by atoms with Gasteiger partial charge in [-0.25, -0.2) is 0 Å². The van der Waals surface area contributed by atoms with E-state index in [1.54, 1.807) is 6.07 Å². The van der Waals surface area contributed by atoms with Crippen molar-refractivity contribution in [2.24, 2.45) is 22.7 Å². The highest BCUT2D eigenvalue weighted by Gasteiger charge is 2.54. The lowest BCUT2D eigenvalue weighted by molar-refractivity contribution is -0.122. The maximum Gasteiger partial charge on any atom is 0.136 e. The molecule has 4 heteroatoms. The van der Waals surface area contributed by atoms with Crippen molar-refractivity contribution in [2.45, 2.75) is 50.0 Å². The van der Waals surface area contributed by atoms with E-state index in [4.69, 9.17) is 5.73 Å². The molecule has 0 saturated heterocycles. The highest BCUT2D eigenvalue weighted by atomic mass is 16.3. The number of nitrogens with zero attached hydrogens (tertiary/aromatic N) is 1. The zero-order chi connectivity index (χ0) is 14.6. The molecule has 1 aromatic carbocycles. The number of hydrogen-bond donors (Lipinski definition) is 1. The van der Waals surface area contributed by atoms with Crippen molar-refractivity contribution in [3.63, 3.8) is 0 Å². The molecule has 3 aliphatic carbocycles. The van der Waals surface area contributed by atoms with Gasteiger partial charge in [0, 0.05) is 23.8 Å². The Kier molecular flexibility index (Phi) is 2.80. The maximum atomic E-state index is 12.1. The van der Waals surface area contributed by atoms with Crippen LogP contribution in [0, 0.1) is 16.7 Å². The first-order chi connectivity index (χ1) is 10.1. The summed E-state index contributed by atoms with van der Waals surface area (Å²) < 4.78 is 0. The van der Waals surface area contributed by atoms with Crippen molar-refractivity contribution in [1.82, 2.24) is 0 Å². The molecule has 4 atom stereocenters. The average Bonchev–Trinajstić information content (AvgIpc) is 2.89. The molecule has 110 valence electrons. The summed E-state index contributed by atoms with van der Waals surface area (Å²) in [6.45, 7) is 0. The molecule has 3 unspecified atom stereocenters. The van der Waals surface area contributed by atoms with E-state index in [-0.39, 0.29) is 11.5 Å². The van der Waals surface area contributed by atoms with Crippen LogP contribution in [0.2, 0.25) is 0 Å². The first-order valence-electron chi connectivity index (χ1n) is 7.91. The van der Waals surface area contributed by atoms with Gasteiger partial charge in [0.15, 0.2) is 0 Å². The highest BCUT2D eigenvalue weighted by Crippen LogP contribution is 2.55. The predicted octanol–water partition coefficient (Wildman–Crippen LogP) is 3.20. The summed E-state index contributed by atoms with van der Waals surface area (Å²) >= 11 is 0. The summed E-state index contributed by atoms with van der Waals surface area (Å²) in [4.78, 5) is 22.8. The Balaban J connectivity index is 1.76. The average molecular weight is 284 g/mol. The van der Waals surface area contributed by atoms with Crippen molar-refractivity contribution < 1.29 is 4.79 Å². The van der Waals surface area contributed by atoms with Crippen LogP contribution in [0.1, 0.15) is 49.1 Å². The Hall–Kier alpha value is -1.55. The van der Waals surface area contributed by atoms with E-state index in [9.17, 15) is 9.70 Å². The molecule has 0 spiro atoms. The van der Waals surface area contributed by atoms with Crippen LogP contribution in [0.4, 0.5) is 5.69 Å². The summed E-state index contributed by atoms with van der Waals surface area (Å²) in [6.07, 6.45) is 5.44. The Labute approximate surface area is 124 Å². The fourth-order valence-corrected chi connectivity index (χ4v) is 5.15. The Morgan fingerprint density at radius 3 is 2.86 bits per heavy atom. The molecule has 0 heterocycles. The van der Waals surface area contributed by atoms with Gasteiger partial charge in [0.2, 0.25) is 0 Å². The molecule has 21 heavy (non-hydrogen) atoms. The van der Waals surface area contributed by atoms with Crippen LogP contribution in [0.25, 0.3) is 0 Å². The molecule has 2 fully saturated rings. The number of nitroso groups, excluding NO2 is 1. The quantitative estimate of drug-likeness (QED) is 0.805. The molecule has 4 nitrogen and oxygen atoms in total. The SMILES string of the molecule is N[C@@]12CCc3cc(N=O)ccc3C1CCC1C(=O)CCC12. The lowest BCUT2D eigenvalue weighted by Gasteiger charge is -2.51. The third-order valence-corrected chi connectivity index (χ3v) is 6.14.